The number of H-pyrrole nitrogens is 1. The summed E-state index contributed by atoms with van der Waals surface area (Å²) >= 11 is 6.53. The predicted octanol–water partition coefficient (Wildman–Crippen LogP) is 4.26. The van der Waals surface area contributed by atoms with Crippen molar-refractivity contribution < 1.29 is 0 Å². The molecule has 0 bridgehead atoms. The molecule has 1 unspecified atom stereocenters. The molecule has 7 nitrogen and oxygen atoms in total. The molecule has 0 amide bonds. The first-order valence-electron chi connectivity index (χ1n) is 12.4. The van der Waals surface area contributed by atoms with Crippen LogP contribution in [-0.4, -0.2) is 72.3 Å². The van der Waals surface area contributed by atoms with Gasteiger partial charge < -0.3 is 24.6 Å². The fraction of sp³-hybridized carbons (Fsp3) is 0.462. The Labute approximate surface area is 206 Å². The Hall–Kier alpha value is -2.77. The molecule has 3 aromatic rings. The van der Waals surface area contributed by atoms with E-state index >= 15 is 0 Å². The van der Waals surface area contributed by atoms with Crippen LogP contribution in [-0.2, 0) is 6.42 Å². The molecule has 1 N–H and O–H groups in total. The number of anilines is 3. The van der Waals surface area contributed by atoms with Gasteiger partial charge in [-0.2, -0.15) is 0 Å². The molecule has 0 saturated carbocycles. The van der Waals surface area contributed by atoms with Crippen LogP contribution in [0.4, 0.5) is 17.5 Å². The monoisotopic (exact) mass is 477 g/mol. The van der Waals surface area contributed by atoms with Crippen LogP contribution in [0.25, 0.3) is 11.3 Å². The lowest BCUT2D eigenvalue weighted by Gasteiger charge is -2.44. The standard InChI is InChI=1S/C26H32ClN7/c1-31-14-16-32(17-15-31)26-29-21-10-13-33(22-9-8-19(27)18-20(22)25(21)30-26)24-7-3-5-12-34(24)23-6-2-4-11-28-23/h2,4,6,8-9,11,18,24H,3,5,7,10,12-17H2,1H3,(H,29,30). The minimum atomic E-state index is 0.268. The number of aromatic amines is 1. The molecule has 0 spiro atoms. The molecule has 2 fully saturated rings. The second-order valence-electron chi connectivity index (χ2n) is 9.64. The number of fused-ring (bicyclic) bond motifs is 3. The topological polar surface area (TPSA) is 54.5 Å². The average molecular weight is 478 g/mol. The van der Waals surface area contributed by atoms with Gasteiger partial charge in [0.25, 0.3) is 0 Å². The van der Waals surface area contributed by atoms with Crippen molar-refractivity contribution in [2.75, 3.05) is 61.0 Å². The molecule has 0 radical (unpaired) electrons. The number of hydrogen-bond acceptors (Lipinski definition) is 6. The highest BCUT2D eigenvalue weighted by Crippen LogP contribution is 2.41. The highest BCUT2D eigenvalue weighted by Gasteiger charge is 2.33. The summed E-state index contributed by atoms with van der Waals surface area (Å²) in [6.07, 6.45) is 6.63. The van der Waals surface area contributed by atoms with Crippen molar-refractivity contribution >= 4 is 29.1 Å². The summed E-state index contributed by atoms with van der Waals surface area (Å²) in [5, 5.41) is 0.751. The zero-order chi connectivity index (χ0) is 23.1. The number of likely N-dealkylation sites (N-methyl/N-ethyl adjacent to an activating group) is 1. The van der Waals surface area contributed by atoms with Crippen molar-refractivity contribution in [1.82, 2.24) is 19.9 Å². The SMILES string of the molecule is CN1CCN(c2nc3c([nH]2)CCN(C2CCCCN2c2ccccn2)c2ccc(Cl)cc2-3)CC1. The summed E-state index contributed by atoms with van der Waals surface area (Å²) in [5.74, 6) is 2.05. The summed E-state index contributed by atoms with van der Waals surface area (Å²) in [7, 11) is 2.18. The van der Waals surface area contributed by atoms with E-state index in [1.165, 1.54) is 24.2 Å². The zero-order valence-electron chi connectivity index (χ0n) is 19.8. The van der Waals surface area contributed by atoms with Gasteiger partial charge in [-0.25, -0.2) is 9.97 Å². The van der Waals surface area contributed by atoms with Gasteiger partial charge in [-0.3, -0.25) is 0 Å². The van der Waals surface area contributed by atoms with Crippen molar-refractivity contribution in [3.05, 3.63) is 53.3 Å². The van der Waals surface area contributed by atoms with E-state index in [1.54, 1.807) is 0 Å². The van der Waals surface area contributed by atoms with E-state index < -0.39 is 0 Å². The smallest absolute Gasteiger partial charge is 0.203 e. The van der Waals surface area contributed by atoms with Gasteiger partial charge in [-0.05, 0) is 56.6 Å². The Morgan fingerprint density at radius 2 is 1.85 bits per heavy atom. The molecule has 1 aromatic carbocycles. The van der Waals surface area contributed by atoms with Gasteiger partial charge in [0.1, 0.15) is 12.0 Å². The van der Waals surface area contributed by atoms with E-state index in [2.05, 4.69) is 60.9 Å². The highest BCUT2D eigenvalue weighted by molar-refractivity contribution is 6.31. The largest absolute Gasteiger partial charge is 0.350 e. The van der Waals surface area contributed by atoms with Crippen molar-refractivity contribution in [3.8, 4) is 11.3 Å². The predicted molar refractivity (Wildman–Crippen MR) is 139 cm³/mol. The number of pyridine rings is 1. The second kappa shape index (κ2) is 9.12. The number of hydrogen-bond donors (Lipinski definition) is 1. The fourth-order valence-electron chi connectivity index (χ4n) is 5.61. The fourth-order valence-corrected chi connectivity index (χ4v) is 5.78. The maximum absolute atomic E-state index is 6.53. The van der Waals surface area contributed by atoms with Crippen LogP contribution in [0.2, 0.25) is 5.02 Å². The molecule has 6 rings (SSSR count). The molecule has 178 valence electrons. The number of nitrogens with zero attached hydrogens (tertiary/aromatic N) is 6. The first kappa shape index (κ1) is 21.7. The summed E-state index contributed by atoms with van der Waals surface area (Å²) in [6, 6.07) is 12.5. The molecule has 3 aliphatic heterocycles. The second-order valence-corrected chi connectivity index (χ2v) is 10.1. The Morgan fingerprint density at radius 3 is 2.68 bits per heavy atom. The first-order chi connectivity index (χ1) is 16.7. The van der Waals surface area contributed by atoms with Gasteiger partial charge in [0.05, 0.1) is 5.69 Å². The maximum atomic E-state index is 6.53. The van der Waals surface area contributed by atoms with Crippen LogP contribution in [0.3, 0.4) is 0 Å². The van der Waals surface area contributed by atoms with Gasteiger partial charge >= 0.3 is 0 Å². The van der Waals surface area contributed by atoms with E-state index in [4.69, 9.17) is 16.6 Å². The third-order valence-electron chi connectivity index (χ3n) is 7.47. The first-order valence-corrected chi connectivity index (χ1v) is 12.8. The van der Waals surface area contributed by atoms with Crippen molar-refractivity contribution in [2.45, 2.75) is 31.8 Å². The molecule has 1 atom stereocenters. The molecule has 5 heterocycles. The summed E-state index contributed by atoms with van der Waals surface area (Å²) < 4.78 is 0. The van der Waals surface area contributed by atoms with Gasteiger partial charge in [0.15, 0.2) is 0 Å². The van der Waals surface area contributed by atoms with Crippen molar-refractivity contribution in [2.24, 2.45) is 0 Å². The molecule has 2 saturated heterocycles. The zero-order valence-corrected chi connectivity index (χ0v) is 20.5. The van der Waals surface area contributed by atoms with Crippen LogP contribution in [0.15, 0.2) is 42.6 Å². The summed E-state index contributed by atoms with van der Waals surface area (Å²) in [6.45, 7) is 6.08. The lowest BCUT2D eigenvalue weighted by atomic mass is 10.0. The van der Waals surface area contributed by atoms with Gasteiger partial charge in [0, 0.05) is 73.9 Å². The number of nitrogens with one attached hydrogen (secondary N) is 1. The van der Waals surface area contributed by atoms with E-state index in [0.717, 1.165) is 80.2 Å². The maximum Gasteiger partial charge on any atom is 0.203 e. The number of piperidine rings is 1. The van der Waals surface area contributed by atoms with Crippen LogP contribution in [0, 0.1) is 0 Å². The van der Waals surface area contributed by atoms with Gasteiger partial charge in [0.2, 0.25) is 5.95 Å². The Balaban J connectivity index is 1.37. The minimum absolute atomic E-state index is 0.268. The highest BCUT2D eigenvalue weighted by atomic mass is 35.5. The van der Waals surface area contributed by atoms with E-state index in [-0.39, 0.29) is 6.17 Å². The Kier molecular flexibility index (Phi) is 5.83. The van der Waals surface area contributed by atoms with Crippen LogP contribution >= 0.6 is 11.6 Å². The normalized spacial score (nSPS) is 21.2. The Morgan fingerprint density at radius 1 is 0.971 bits per heavy atom. The van der Waals surface area contributed by atoms with Gasteiger partial charge in [-0.15, -0.1) is 0 Å². The molecular formula is C26H32ClN7. The lowest BCUT2D eigenvalue weighted by molar-refractivity contribution is 0.311. The van der Waals surface area contributed by atoms with Crippen molar-refractivity contribution in [1.29, 1.82) is 0 Å². The number of benzene rings is 1. The molecular weight excluding hydrogens is 446 g/mol. The third kappa shape index (κ3) is 4.01. The van der Waals surface area contributed by atoms with E-state index in [9.17, 15) is 0 Å². The quantitative estimate of drug-likeness (QED) is 0.608. The molecule has 34 heavy (non-hydrogen) atoms. The molecule has 0 aliphatic carbocycles. The molecule has 8 heteroatoms. The minimum Gasteiger partial charge on any atom is -0.350 e. The van der Waals surface area contributed by atoms with E-state index in [1.807, 2.05) is 18.3 Å². The van der Waals surface area contributed by atoms with Gasteiger partial charge in [-0.1, -0.05) is 17.7 Å². The third-order valence-corrected chi connectivity index (χ3v) is 7.70. The number of rotatable bonds is 3. The number of halogens is 1. The summed E-state index contributed by atoms with van der Waals surface area (Å²) in [4.78, 5) is 23.3. The van der Waals surface area contributed by atoms with Crippen LogP contribution < -0.4 is 14.7 Å². The molecule has 3 aliphatic rings. The van der Waals surface area contributed by atoms with Crippen LogP contribution in [0.5, 0.6) is 0 Å². The Bertz CT molecular complexity index is 1140. The lowest BCUT2D eigenvalue weighted by Crippen LogP contribution is -2.52. The van der Waals surface area contributed by atoms with Crippen LogP contribution in [0.1, 0.15) is 25.0 Å². The number of imidazole rings is 1. The number of piperazine rings is 1. The summed E-state index contributed by atoms with van der Waals surface area (Å²) in [5.41, 5.74) is 4.60. The number of aromatic nitrogens is 3. The van der Waals surface area contributed by atoms with Crippen molar-refractivity contribution in [3.63, 3.8) is 0 Å². The van der Waals surface area contributed by atoms with E-state index in [0.29, 0.717) is 0 Å². The average Bonchev–Trinajstić information content (AvgIpc) is 3.24. The molecule has 2 aromatic heterocycles.